The van der Waals surface area contributed by atoms with Crippen molar-refractivity contribution < 1.29 is 19.1 Å². The SMILES string of the molecule is CCCN1C(=O)C(=O)/C(=C(\O)c2ccc(C)cc2)C1c1ccccc1F. The molecule has 1 heterocycles. The number of Topliss-reactive ketones (excluding diaryl/α,β-unsaturated/α-hetero) is 1. The van der Waals surface area contributed by atoms with Gasteiger partial charge in [0.1, 0.15) is 11.6 Å². The quantitative estimate of drug-likeness (QED) is 0.514. The van der Waals surface area contributed by atoms with Crippen LogP contribution in [0, 0.1) is 12.7 Å². The zero-order valence-electron chi connectivity index (χ0n) is 14.7. The number of nitrogens with zero attached hydrogens (tertiary/aromatic N) is 1. The van der Waals surface area contributed by atoms with E-state index in [-0.39, 0.29) is 16.9 Å². The minimum Gasteiger partial charge on any atom is -0.507 e. The van der Waals surface area contributed by atoms with Crippen molar-refractivity contribution in [1.82, 2.24) is 4.90 Å². The monoisotopic (exact) mass is 353 g/mol. The van der Waals surface area contributed by atoms with Crippen molar-refractivity contribution in [3.8, 4) is 0 Å². The van der Waals surface area contributed by atoms with E-state index in [1.165, 1.54) is 17.0 Å². The molecule has 0 spiro atoms. The van der Waals surface area contributed by atoms with Gasteiger partial charge in [0, 0.05) is 17.7 Å². The fourth-order valence-corrected chi connectivity index (χ4v) is 3.24. The molecule has 0 radical (unpaired) electrons. The Morgan fingerprint density at radius 1 is 1.12 bits per heavy atom. The zero-order valence-corrected chi connectivity index (χ0v) is 14.7. The Morgan fingerprint density at radius 2 is 1.77 bits per heavy atom. The molecule has 2 aromatic carbocycles. The smallest absolute Gasteiger partial charge is 0.295 e. The lowest BCUT2D eigenvalue weighted by Crippen LogP contribution is -2.30. The molecule has 4 nitrogen and oxygen atoms in total. The molecule has 2 aromatic rings. The number of aliphatic hydroxyl groups excluding tert-OH is 1. The summed E-state index contributed by atoms with van der Waals surface area (Å²) in [5, 5.41) is 10.8. The van der Waals surface area contributed by atoms with Crippen LogP contribution in [0.25, 0.3) is 5.76 Å². The minimum absolute atomic E-state index is 0.0718. The van der Waals surface area contributed by atoms with Crippen molar-refractivity contribution in [3.05, 3.63) is 76.6 Å². The Morgan fingerprint density at radius 3 is 2.38 bits per heavy atom. The number of benzene rings is 2. The summed E-state index contributed by atoms with van der Waals surface area (Å²) in [6, 6.07) is 12.0. The summed E-state index contributed by atoms with van der Waals surface area (Å²) >= 11 is 0. The summed E-state index contributed by atoms with van der Waals surface area (Å²) in [5.41, 5.74) is 1.55. The fraction of sp³-hybridized carbons (Fsp3) is 0.238. The number of rotatable bonds is 4. The molecule has 1 unspecified atom stereocenters. The summed E-state index contributed by atoms with van der Waals surface area (Å²) in [5.74, 6) is -2.30. The fourth-order valence-electron chi connectivity index (χ4n) is 3.24. The second-order valence-electron chi connectivity index (χ2n) is 6.38. The maximum atomic E-state index is 14.4. The van der Waals surface area contributed by atoms with Crippen LogP contribution in [-0.2, 0) is 9.59 Å². The molecule has 0 bridgehead atoms. The first-order valence-electron chi connectivity index (χ1n) is 8.55. The normalized spacial score (nSPS) is 19.2. The van der Waals surface area contributed by atoms with E-state index in [0.29, 0.717) is 18.5 Å². The second-order valence-corrected chi connectivity index (χ2v) is 6.38. The van der Waals surface area contributed by atoms with Crippen molar-refractivity contribution >= 4 is 17.4 Å². The minimum atomic E-state index is -0.933. The largest absolute Gasteiger partial charge is 0.507 e. The first-order chi connectivity index (χ1) is 12.5. The highest BCUT2D eigenvalue weighted by molar-refractivity contribution is 6.46. The van der Waals surface area contributed by atoms with Crippen LogP contribution >= 0.6 is 0 Å². The van der Waals surface area contributed by atoms with E-state index >= 15 is 0 Å². The van der Waals surface area contributed by atoms with Crippen molar-refractivity contribution in [3.63, 3.8) is 0 Å². The summed E-state index contributed by atoms with van der Waals surface area (Å²) in [6.45, 7) is 4.08. The van der Waals surface area contributed by atoms with Gasteiger partial charge in [0.25, 0.3) is 11.7 Å². The molecule has 3 rings (SSSR count). The molecular formula is C21H20FNO3. The van der Waals surface area contributed by atoms with Gasteiger partial charge in [0.2, 0.25) is 0 Å². The van der Waals surface area contributed by atoms with Gasteiger partial charge in [-0.1, -0.05) is 55.0 Å². The molecule has 0 saturated carbocycles. The van der Waals surface area contributed by atoms with Gasteiger partial charge in [0.05, 0.1) is 11.6 Å². The van der Waals surface area contributed by atoms with Crippen LogP contribution in [0.15, 0.2) is 54.1 Å². The van der Waals surface area contributed by atoms with Crippen LogP contribution in [0.3, 0.4) is 0 Å². The highest BCUT2D eigenvalue weighted by Gasteiger charge is 2.46. The lowest BCUT2D eigenvalue weighted by molar-refractivity contribution is -0.139. The Bertz CT molecular complexity index is 886. The molecule has 1 atom stereocenters. The Hall–Kier alpha value is -2.95. The Labute approximate surface area is 151 Å². The van der Waals surface area contributed by atoms with Crippen molar-refractivity contribution in [2.75, 3.05) is 6.54 Å². The van der Waals surface area contributed by atoms with Crippen LogP contribution in [0.5, 0.6) is 0 Å². The van der Waals surface area contributed by atoms with Gasteiger partial charge < -0.3 is 10.0 Å². The summed E-state index contributed by atoms with van der Waals surface area (Å²) < 4.78 is 14.4. The highest BCUT2D eigenvalue weighted by Crippen LogP contribution is 2.40. The Balaban J connectivity index is 2.21. The molecule has 1 amide bonds. The number of hydrogen-bond acceptors (Lipinski definition) is 3. The number of hydrogen-bond donors (Lipinski definition) is 1. The van der Waals surface area contributed by atoms with Gasteiger partial charge in [-0.2, -0.15) is 0 Å². The lowest BCUT2D eigenvalue weighted by Gasteiger charge is -2.25. The van der Waals surface area contributed by atoms with Crippen LogP contribution < -0.4 is 0 Å². The second kappa shape index (κ2) is 7.12. The number of carbonyl (C=O) groups is 2. The molecule has 1 N–H and O–H groups in total. The van der Waals surface area contributed by atoms with Gasteiger partial charge in [0.15, 0.2) is 0 Å². The van der Waals surface area contributed by atoms with E-state index in [9.17, 15) is 19.1 Å². The molecule has 1 aliphatic heterocycles. The van der Waals surface area contributed by atoms with E-state index in [4.69, 9.17) is 0 Å². The van der Waals surface area contributed by atoms with E-state index in [1.807, 2.05) is 13.8 Å². The van der Waals surface area contributed by atoms with Crippen molar-refractivity contribution in [2.24, 2.45) is 0 Å². The number of ketones is 1. The summed E-state index contributed by atoms with van der Waals surface area (Å²) in [6.07, 6.45) is 0.614. The number of carbonyl (C=O) groups excluding carboxylic acids is 2. The highest BCUT2D eigenvalue weighted by atomic mass is 19.1. The number of aliphatic hydroxyl groups is 1. The topological polar surface area (TPSA) is 57.6 Å². The Kier molecular flexibility index (Phi) is 4.89. The summed E-state index contributed by atoms with van der Waals surface area (Å²) in [7, 11) is 0. The number of likely N-dealkylation sites (tertiary alicyclic amines) is 1. The van der Waals surface area contributed by atoms with Crippen LogP contribution in [0.2, 0.25) is 0 Å². The average molecular weight is 353 g/mol. The number of aryl methyl sites for hydroxylation is 1. The van der Waals surface area contributed by atoms with Crippen molar-refractivity contribution in [1.29, 1.82) is 0 Å². The maximum Gasteiger partial charge on any atom is 0.295 e. The van der Waals surface area contributed by atoms with Gasteiger partial charge in [-0.05, 0) is 19.4 Å². The number of amides is 1. The predicted molar refractivity (Wildman–Crippen MR) is 96.9 cm³/mol. The molecule has 5 heteroatoms. The molecule has 0 aliphatic carbocycles. The first-order valence-corrected chi connectivity index (χ1v) is 8.55. The third-order valence-electron chi connectivity index (χ3n) is 4.53. The van der Waals surface area contributed by atoms with Gasteiger partial charge in [-0.15, -0.1) is 0 Å². The van der Waals surface area contributed by atoms with Gasteiger partial charge in [-0.25, -0.2) is 4.39 Å². The molecule has 0 aromatic heterocycles. The van der Waals surface area contributed by atoms with E-state index in [2.05, 4.69) is 0 Å². The third kappa shape index (κ3) is 3.01. The van der Waals surface area contributed by atoms with Crippen LogP contribution in [0.1, 0.15) is 36.1 Å². The summed E-state index contributed by atoms with van der Waals surface area (Å²) in [4.78, 5) is 26.5. The standard InChI is InChI=1S/C21H20FNO3/c1-3-12-23-18(15-6-4-5-7-16(15)22)17(20(25)21(23)26)19(24)14-10-8-13(2)9-11-14/h4-11,18,24H,3,12H2,1-2H3/b19-17-. The van der Waals surface area contributed by atoms with Crippen LogP contribution in [0.4, 0.5) is 4.39 Å². The van der Waals surface area contributed by atoms with Crippen LogP contribution in [-0.4, -0.2) is 28.2 Å². The first kappa shape index (κ1) is 17.9. The van der Waals surface area contributed by atoms with Crippen molar-refractivity contribution in [2.45, 2.75) is 26.3 Å². The molecule has 1 saturated heterocycles. The molecule has 1 aliphatic rings. The maximum absolute atomic E-state index is 14.4. The van der Waals surface area contributed by atoms with Gasteiger partial charge >= 0.3 is 0 Å². The van der Waals surface area contributed by atoms with E-state index < -0.39 is 23.5 Å². The predicted octanol–water partition coefficient (Wildman–Crippen LogP) is 3.97. The third-order valence-corrected chi connectivity index (χ3v) is 4.53. The molecule has 134 valence electrons. The molecule has 1 fully saturated rings. The van der Waals surface area contributed by atoms with E-state index in [1.54, 1.807) is 36.4 Å². The zero-order chi connectivity index (χ0) is 18.8. The van der Waals surface area contributed by atoms with Gasteiger partial charge in [-0.3, -0.25) is 9.59 Å². The average Bonchev–Trinajstić information content (AvgIpc) is 2.87. The lowest BCUT2D eigenvalue weighted by atomic mass is 9.94. The molecule has 26 heavy (non-hydrogen) atoms. The van der Waals surface area contributed by atoms with E-state index in [0.717, 1.165) is 5.56 Å². The molecular weight excluding hydrogens is 333 g/mol. The number of halogens is 1.